The standard InChI is InChI=1S/C17H13F6NO3S/c18-16(19,20)13-7-14(17(21,22)23)9-15(8-13)27-28(25,26)24-6-5-11-3-1-2-4-12(11)10-24/h1-4,7-9H,5-6,10H2. The van der Waals surface area contributed by atoms with Gasteiger partial charge in [0.25, 0.3) is 0 Å². The van der Waals surface area contributed by atoms with E-state index in [4.69, 9.17) is 0 Å². The molecule has 0 fully saturated rings. The van der Waals surface area contributed by atoms with Gasteiger partial charge in [-0.1, -0.05) is 24.3 Å². The molecule has 1 aliphatic rings. The Bertz CT molecular complexity index is 953. The highest BCUT2D eigenvalue weighted by molar-refractivity contribution is 7.84. The molecule has 0 aromatic heterocycles. The quantitative estimate of drug-likeness (QED) is 0.685. The number of halogens is 6. The molecule has 152 valence electrons. The van der Waals surface area contributed by atoms with Crippen molar-refractivity contribution in [2.45, 2.75) is 25.3 Å². The van der Waals surface area contributed by atoms with Crippen LogP contribution < -0.4 is 4.18 Å². The third-order valence-electron chi connectivity index (χ3n) is 4.17. The van der Waals surface area contributed by atoms with E-state index in [0.29, 0.717) is 12.0 Å². The molecular formula is C17H13F6NO3S. The van der Waals surface area contributed by atoms with Crippen molar-refractivity contribution < 1.29 is 38.9 Å². The first-order chi connectivity index (χ1) is 12.9. The van der Waals surface area contributed by atoms with Crippen molar-refractivity contribution >= 4 is 10.3 Å². The fourth-order valence-corrected chi connectivity index (χ4v) is 3.87. The molecule has 2 aromatic carbocycles. The van der Waals surface area contributed by atoms with Crippen LogP contribution in [-0.2, 0) is 35.6 Å². The maximum Gasteiger partial charge on any atom is 0.416 e. The Morgan fingerprint density at radius 2 is 1.39 bits per heavy atom. The zero-order chi connectivity index (χ0) is 20.7. The minimum absolute atomic E-state index is 0.00949. The Morgan fingerprint density at radius 3 is 1.93 bits per heavy atom. The summed E-state index contributed by atoms with van der Waals surface area (Å²) >= 11 is 0. The summed E-state index contributed by atoms with van der Waals surface area (Å²) in [5.41, 5.74) is -1.72. The molecule has 0 radical (unpaired) electrons. The number of rotatable bonds is 3. The fraction of sp³-hybridized carbons (Fsp3) is 0.294. The summed E-state index contributed by atoms with van der Waals surface area (Å²) in [7, 11) is -4.60. The highest BCUT2D eigenvalue weighted by atomic mass is 32.2. The Labute approximate surface area is 156 Å². The summed E-state index contributed by atoms with van der Waals surface area (Å²) in [5, 5.41) is 0. The third-order valence-corrected chi connectivity index (χ3v) is 5.52. The van der Waals surface area contributed by atoms with E-state index in [1.54, 1.807) is 18.2 Å². The summed E-state index contributed by atoms with van der Waals surface area (Å²) in [6, 6.07) is 7.32. The molecule has 2 aromatic rings. The van der Waals surface area contributed by atoms with Gasteiger partial charge in [0.05, 0.1) is 11.1 Å². The second kappa shape index (κ2) is 6.96. The van der Waals surface area contributed by atoms with Gasteiger partial charge < -0.3 is 4.18 Å². The van der Waals surface area contributed by atoms with E-state index in [0.717, 1.165) is 9.87 Å². The summed E-state index contributed by atoms with van der Waals surface area (Å²) < 4.78 is 108. The summed E-state index contributed by atoms with van der Waals surface area (Å²) in [6.45, 7) is -0.103. The van der Waals surface area contributed by atoms with E-state index >= 15 is 0 Å². The molecule has 0 N–H and O–H groups in total. The van der Waals surface area contributed by atoms with Crippen molar-refractivity contribution in [3.63, 3.8) is 0 Å². The van der Waals surface area contributed by atoms with Gasteiger partial charge in [0.15, 0.2) is 0 Å². The third kappa shape index (κ3) is 4.41. The van der Waals surface area contributed by atoms with Crippen molar-refractivity contribution in [3.05, 3.63) is 64.7 Å². The molecule has 0 bridgehead atoms. The molecule has 0 aliphatic carbocycles. The van der Waals surface area contributed by atoms with Crippen LogP contribution in [0.2, 0.25) is 0 Å². The van der Waals surface area contributed by atoms with Crippen molar-refractivity contribution in [2.75, 3.05) is 6.54 Å². The van der Waals surface area contributed by atoms with Crippen molar-refractivity contribution in [1.29, 1.82) is 0 Å². The number of fused-ring (bicyclic) bond motifs is 1. The van der Waals surface area contributed by atoms with E-state index in [1.807, 2.05) is 6.07 Å². The van der Waals surface area contributed by atoms with Gasteiger partial charge in [-0.2, -0.15) is 39.1 Å². The first-order valence-electron chi connectivity index (χ1n) is 7.92. The zero-order valence-electron chi connectivity index (χ0n) is 14.0. The van der Waals surface area contributed by atoms with E-state index < -0.39 is 39.5 Å². The van der Waals surface area contributed by atoms with Crippen LogP contribution in [0.15, 0.2) is 42.5 Å². The Balaban J connectivity index is 1.92. The SMILES string of the molecule is O=S(=O)(Oc1cc(C(F)(F)F)cc(C(F)(F)F)c1)N1CCc2ccccc2C1. The van der Waals surface area contributed by atoms with Crippen molar-refractivity contribution in [2.24, 2.45) is 0 Å². The van der Waals surface area contributed by atoms with E-state index in [2.05, 4.69) is 4.18 Å². The molecule has 0 unspecified atom stereocenters. The maximum atomic E-state index is 12.9. The van der Waals surface area contributed by atoms with Crippen LogP contribution in [0.3, 0.4) is 0 Å². The average Bonchev–Trinajstić information content (AvgIpc) is 2.59. The zero-order valence-corrected chi connectivity index (χ0v) is 14.8. The van der Waals surface area contributed by atoms with Gasteiger partial charge in [-0.15, -0.1) is 0 Å². The Morgan fingerprint density at radius 1 is 0.857 bits per heavy atom. The van der Waals surface area contributed by atoms with Crippen LogP contribution in [0.25, 0.3) is 0 Å². The second-order valence-electron chi connectivity index (χ2n) is 6.13. The molecule has 0 atom stereocenters. The lowest BCUT2D eigenvalue weighted by Crippen LogP contribution is -2.38. The lowest BCUT2D eigenvalue weighted by atomic mass is 10.0. The highest BCUT2D eigenvalue weighted by Crippen LogP contribution is 2.38. The number of hydrogen-bond donors (Lipinski definition) is 0. The van der Waals surface area contributed by atoms with Crippen LogP contribution >= 0.6 is 0 Å². The fourth-order valence-electron chi connectivity index (χ4n) is 2.81. The van der Waals surface area contributed by atoms with Crippen LogP contribution in [-0.4, -0.2) is 19.3 Å². The number of alkyl halides is 6. The Kier molecular flexibility index (Phi) is 5.09. The first-order valence-corrected chi connectivity index (χ1v) is 9.28. The number of hydrogen-bond acceptors (Lipinski definition) is 3. The van der Waals surface area contributed by atoms with Crippen molar-refractivity contribution in [3.8, 4) is 5.75 Å². The molecule has 0 amide bonds. The summed E-state index contributed by atoms with van der Waals surface area (Å²) in [5.74, 6) is -1.05. The second-order valence-corrected chi connectivity index (χ2v) is 7.67. The number of benzene rings is 2. The van der Waals surface area contributed by atoms with Gasteiger partial charge >= 0.3 is 22.7 Å². The minimum atomic E-state index is -5.10. The monoisotopic (exact) mass is 425 g/mol. The molecule has 1 aliphatic heterocycles. The predicted molar refractivity (Wildman–Crippen MR) is 86.5 cm³/mol. The van der Waals surface area contributed by atoms with Crippen LogP contribution in [0.4, 0.5) is 26.3 Å². The molecule has 0 spiro atoms. The molecule has 3 rings (SSSR count). The lowest BCUT2D eigenvalue weighted by molar-refractivity contribution is -0.143. The Hall–Kier alpha value is -2.27. The first kappa shape index (κ1) is 20.5. The van der Waals surface area contributed by atoms with E-state index in [-0.39, 0.29) is 31.3 Å². The lowest BCUT2D eigenvalue weighted by Gasteiger charge is -2.27. The van der Waals surface area contributed by atoms with E-state index in [9.17, 15) is 34.8 Å². The summed E-state index contributed by atoms with van der Waals surface area (Å²) in [4.78, 5) is 0. The predicted octanol–water partition coefficient (Wildman–Crippen LogP) is 4.41. The average molecular weight is 425 g/mol. The van der Waals surface area contributed by atoms with Crippen LogP contribution in [0.1, 0.15) is 22.3 Å². The molecule has 0 saturated heterocycles. The van der Waals surface area contributed by atoms with Crippen LogP contribution in [0.5, 0.6) is 5.75 Å². The minimum Gasteiger partial charge on any atom is -0.371 e. The van der Waals surface area contributed by atoms with Gasteiger partial charge in [0, 0.05) is 13.1 Å². The van der Waals surface area contributed by atoms with Crippen LogP contribution in [0, 0.1) is 0 Å². The molecule has 1 heterocycles. The molecular weight excluding hydrogens is 412 g/mol. The maximum absolute atomic E-state index is 12.9. The normalized spacial score (nSPS) is 15.9. The topological polar surface area (TPSA) is 46.6 Å². The summed E-state index contributed by atoms with van der Waals surface area (Å²) in [6.07, 6.45) is -9.87. The van der Waals surface area contributed by atoms with Gasteiger partial charge in [-0.3, -0.25) is 0 Å². The van der Waals surface area contributed by atoms with Crippen molar-refractivity contribution in [1.82, 2.24) is 4.31 Å². The smallest absolute Gasteiger partial charge is 0.371 e. The van der Waals surface area contributed by atoms with Gasteiger partial charge in [0.1, 0.15) is 5.75 Å². The largest absolute Gasteiger partial charge is 0.416 e. The molecule has 11 heteroatoms. The number of nitrogens with zero attached hydrogens (tertiary/aromatic N) is 1. The van der Waals surface area contributed by atoms with Gasteiger partial charge in [-0.25, -0.2) is 0 Å². The molecule has 4 nitrogen and oxygen atoms in total. The van der Waals surface area contributed by atoms with Gasteiger partial charge in [0.2, 0.25) is 0 Å². The highest BCUT2D eigenvalue weighted by Gasteiger charge is 2.38. The molecule has 28 heavy (non-hydrogen) atoms. The molecule has 0 saturated carbocycles. The van der Waals surface area contributed by atoms with Gasteiger partial charge in [-0.05, 0) is 35.7 Å². The van der Waals surface area contributed by atoms with E-state index in [1.165, 1.54) is 0 Å².